The Kier molecular flexibility index (Phi) is 4.62. The largest absolute Gasteiger partial charge is 0.144 e. The first-order valence-corrected chi connectivity index (χ1v) is 7.11. The molecule has 0 saturated heterocycles. The number of nitrogens with zero attached hydrogens (tertiary/aromatic N) is 2. The highest BCUT2D eigenvalue weighted by Gasteiger charge is 2.06. The lowest BCUT2D eigenvalue weighted by atomic mass is 10.2. The second kappa shape index (κ2) is 6.01. The number of alkyl halides is 1. The van der Waals surface area contributed by atoms with Gasteiger partial charge >= 0.3 is 0 Å². The van der Waals surface area contributed by atoms with E-state index in [1.54, 1.807) is 17.4 Å². The molecule has 1 aromatic heterocycles. The monoisotopic (exact) mass is 306 g/mol. The first-order valence-electron chi connectivity index (χ1n) is 5.00. The van der Waals surface area contributed by atoms with Crippen molar-refractivity contribution >= 4 is 46.1 Å². The van der Waals surface area contributed by atoms with Crippen LogP contribution in [0.25, 0.3) is 0 Å². The Morgan fingerprint density at radius 3 is 2.53 bits per heavy atom. The molecule has 0 amide bonds. The van der Waals surface area contributed by atoms with Crippen molar-refractivity contribution in [3.8, 4) is 0 Å². The maximum atomic E-state index is 5.95. The summed E-state index contributed by atoms with van der Waals surface area (Å²) in [5.74, 6) is 0.571. The van der Waals surface area contributed by atoms with Crippen LogP contribution < -0.4 is 0 Å². The van der Waals surface area contributed by atoms with E-state index in [1.165, 1.54) is 0 Å². The lowest BCUT2D eigenvalue weighted by Crippen LogP contribution is -1.87. The van der Waals surface area contributed by atoms with Gasteiger partial charge in [0, 0.05) is 18.7 Å². The maximum Gasteiger partial charge on any atom is 0.121 e. The first kappa shape index (κ1) is 13.1. The summed E-state index contributed by atoms with van der Waals surface area (Å²) in [5.41, 5.74) is 1.08. The van der Waals surface area contributed by atoms with Gasteiger partial charge < -0.3 is 0 Å². The lowest BCUT2D eigenvalue weighted by molar-refractivity contribution is 0.948. The van der Waals surface area contributed by atoms with Crippen LogP contribution in [0.15, 0.2) is 18.2 Å². The van der Waals surface area contributed by atoms with Gasteiger partial charge in [-0.25, -0.2) is 0 Å². The zero-order valence-corrected chi connectivity index (χ0v) is 11.9. The molecule has 1 aromatic carbocycles. The summed E-state index contributed by atoms with van der Waals surface area (Å²) in [6, 6.07) is 5.59. The van der Waals surface area contributed by atoms with Crippen molar-refractivity contribution < 1.29 is 0 Å². The predicted molar refractivity (Wildman–Crippen MR) is 73.6 cm³/mol. The van der Waals surface area contributed by atoms with Crippen LogP contribution in [0.3, 0.4) is 0 Å². The molecule has 6 heteroatoms. The van der Waals surface area contributed by atoms with Crippen LogP contribution in [0.1, 0.15) is 15.6 Å². The van der Waals surface area contributed by atoms with Crippen molar-refractivity contribution in [1.29, 1.82) is 0 Å². The van der Waals surface area contributed by atoms with Gasteiger partial charge in [-0.3, -0.25) is 0 Å². The Labute approximate surface area is 119 Å². The normalized spacial score (nSPS) is 10.8. The molecule has 0 unspecified atom stereocenters. The Hall–Kier alpha value is -0.350. The molecule has 17 heavy (non-hydrogen) atoms. The van der Waals surface area contributed by atoms with Gasteiger partial charge in [-0.2, -0.15) is 0 Å². The highest BCUT2D eigenvalue weighted by Crippen LogP contribution is 2.24. The average molecular weight is 308 g/mol. The maximum absolute atomic E-state index is 5.95. The van der Waals surface area contributed by atoms with Gasteiger partial charge in [0.2, 0.25) is 0 Å². The van der Waals surface area contributed by atoms with E-state index in [1.807, 2.05) is 12.1 Å². The molecule has 0 saturated carbocycles. The number of aromatic nitrogens is 2. The third-order valence-electron chi connectivity index (χ3n) is 2.16. The van der Waals surface area contributed by atoms with Crippen molar-refractivity contribution in [3.05, 3.63) is 43.8 Å². The Balaban J connectivity index is 2.11. The van der Waals surface area contributed by atoms with Crippen LogP contribution in [-0.2, 0) is 12.8 Å². The number of halogens is 3. The Bertz CT molecular complexity index is 513. The van der Waals surface area contributed by atoms with E-state index in [-0.39, 0.29) is 0 Å². The van der Waals surface area contributed by atoms with Gasteiger partial charge in [-0.1, -0.05) is 29.3 Å². The number of hydrogen-bond acceptors (Lipinski definition) is 3. The second-order valence-electron chi connectivity index (χ2n) is 3.45. The van der Waals surface area contributed by atoms with E-state index in [2.05, 4.69) is 10.2 Å². The molecule has 0 aliphatic rings. The summed E-state index contributed by atoms with van der Waals surface area (Å²) in [6.07, 6.45) is 1.48. The van der Waals surface area contributed by atoms with Crippen molar-refractivity contribution in [2.24, 2.45) is 0 Å². The lowest BCUT2D eigenvalue weighted by Gasteiger charge is -2.00. The zero-order valence-electron chi connectivity index (χ0n) is 8.79. The third kappa shape index (κ3) is 3.55. The highest BCUT2D eigenvalue weighted by atomic mass is 35.5. The summed E-state index contributed by atoms with van der Waals surface area (Å²) >= 11 is 19.0. The summed E-state index contributed by atoms with van der Waals surface area (Å²) in [5, 5.41) is 11.2. The molecule has 0 spiro atoms. The van der Waals surface area contributed by atoms with E-state index >= 15 is 0 Å². The fourth-order valence-electron chi connectivity index (χ4n) is 1.37. The number of aryl methyl sites for hydroxylation is 1. The molecule has 2 rings (SSSR count). The molecule has 0 N–H and O–H groups in total. The fraction of sp³-hybridized carbons (Fsp3) is 0.273. The van der Waals surface area contributed by atoms with Crippen LogP contribution in [0.5, 0.6) is 0 Å². The molecular formula is C11H9Cl3N2S. The Morgan fingerprint density at radius 1 is 1.06 bits per heavy atom. The van der Waals surface area contributed by atoms with E-state index in [9.17, 15) is 0 Å². The number of rotatable bonds is 4. The van der Waals surface area contributed by atoms with Gasteiger partial charge in [-0.05, 0) is 17.7 Å². The summed E-state index contributed by atoms with van der Waals surface area (Å²) in [4.78, 5) is 0. The van der Waals surface area contributed by atoms with Gasteiger partial charge in [0.25, 0.3) is 0 Å². The molecule has 2 aromatic rings. The SMILES string of the molecule is ClCCc1nnc(Cc2ccc(Cl)c(Cl)c2)s1. The molecule has 0 bridgehead atoms. The summed E-state index contributed by atoms with van der Waals surface area (Å²) in [7, 11) is 0. The van der Waals surface area contributed by atoms with E-state index < -0.39 is 0 Å². The molecule has 0 radical (unpaired) electrons. The number of hydrogen-bond donors (Lipinski definition) is 0. The molecule has 0 fully saturated rings. The average Bonchev–Trinajstić information content (AvgIpc) is 2.72. The standard InChI is InChI=1S/C11H9Cl3N2S/c12-4-3-10-15-16-11(17-10)6-7-1-2-8(13)9(14)5-7/h1-2,5H,3-4,6H2. The minimum absolute atomic E-state index is 0.565. The molecule has 2 nitrogen and oxygen atoms in total. The van der Waals surface area contributed by atoms with Crippen LogP contribution >= 0.6 is 46.1 Å². The van der Waals surface area contributed by atoms with E-state index in [0.29, 0.717) is 15.9 Å². The summed E-state index contributed by atoms with van der Waals surface area (Å²) in [6.45, 7) is 0. The molecule has 0 aliphatic carbocycles. The molecule has 0 atom stereocenters. The molecular weight excluding hydrogens is 299 g/mol. The fourth-order valence-corrected chi connectivity index (χ4v) is 2.86. The number of benzene rings is 1. The highest BCUT2D eigenvalue weighted by molar-refractivity contribution is 7.11. The predicted octanol–water partition coefficient (Wildman–Crippen LogP) is 4.22. The van der Waals surface area contributed by atoms with Crippen molar-refractivity contribution in [2.45, 2.75) is 12.8 Å². The van der Waals surface area contributed by atoms with Gasteiger partial charge in [-0.15, -0.1) is 33.1 Å². The van der Waals surface area contributed by atoms with Gasteiger partial charge in [0.15, 0.2) is 0 Å². The van der Waals surface area contributed by atoms with Crippen molar-refractivity contribution in [1.82, 2.24) is 10.2 Å². The van der Waals surface area contributed by atoms with E-state index in [4.69, 9.17) is 34.8 Å². The smallest absolute Gasteiger partial charge is 0.121 e. The topological polar surface area (TPSA) is 25.8 Å². The second-order valence-corrected chi connectivity index (χ2v) is 5.79. The minimum atomic E-state index is 0.565. The third-order valence-corrected chi connectivity index (χ3v) is 4.07. The van der Waals surface area contributed by atoms with Crippen LogP contribution in [0.2, 0.25) is 10.0 Å². The molecule has 90 valence electrons. The van der Waals surface area contributed by atoms with Crippen molar-refractivity contribution in [3.63, 3.8) is 0 Å². The van der Waals surface area contributed by atoms with Crippen LogP contribution in [0, 0.1) is 0 Å². The quantitative estimate of drug-likeness (QED) is 0.791. The Morgan fingerprint density at radius 2 is 1.82 bits per heavy atom. The van der Waals surface area contributed by atoms with Crippen LogP contribution in [0.4, 0.5) is 0 Å². The van der Waals surface area contributed by atoms with Gasteiger partial charge in [0.1, 0.15) is 10.0 Å². The molecule has 1 heterocycles. The van der Waals surface area contributed by atoms with E-state index in [0.717, 1.165) is 28.4 Å². The molecule has 0 aliphatic heterocycles. The minimum Gasteiger partial charge on any atom is -0.144 e. The summed E-state index contributed by atoms with van der Waals surface area (Å²) < 4.78 is 0. The van der Waals surface area contributed by atoms with Crippen molar-refractivity contribution in [2.75, 3.05) is 5.88 Å². The van der Waals surface area contributed by atoms with Crippen LogP contribution in [-0.4, -0.2) is 16.1 Å². The van der Waals surface area contributed by atoms with Gasteiger partial charge in [0.05, 0.1) is 10.0 Å². The zero-order chi connectivity index (χ0) is 12.3. The first-order chi connectivity index (χ1) is 8.19.